The second-order valence-corrected chi connectivity index (χ2v) is 13.7. The maximum Gasteiger partial charge on any atom is 0.136 e. The van der Waals surface area contributed by atoms with E-state index in [1.54, 1.807) is 0 Å². The first kappa shape index (κ1) is 33.0. The maximum atomic E-state index is 6.43. The minimum absolute atomic E-state index is 0.781. The van der Waals surface area contributed by atoms with Crippen LogP contribution in [0, 0.1) is 0 Å². The zero-order valence-electron chi connectivity index (χ0n) is 30.0. The third-order valence-electron chi connectivity index (χ3n) is 10.5. The summed E-state index contributed by atoms with van der Waals surface area (Å²) in [4.78, 5) is 0. The Hall–Kier alpha value is -6.90. The molecule has 2 aromatic heterocycles. The van der Waals surface area contributed by atoms with Gasteiger partial charge in [0, 0.05) is 21.7 Å². The summed E-state index contributed by atoms with van der Waals surface area (Å²) in [6, 6.07) is 48.5. The van der Waals surface area contributed by atoms with Crippen molar-refractivity contribution >= 4 is 61.3 Å². The Bertz CT molecular complexity index is 2940. The highest BCUT2D eigenvalue weighted by atomic mass is 16.3. The van der Waals surface area contributed by atoms with Crippen molar-refractivity contribution in [1.82, 2.24) is 0 Å². The van der Waals surface area contributed by atoms with E-state index in [2.05, 4.69) is 141 Å². The lowest BCUT2D eigenvalue weighted by Crippen LogP contribution is -2.29. The molecule has 0 N–H and O–H groups in total. The monoisotopic (exact) mass is 694 g/mol. The van der Waals surface area contributed by atoms with E-state index in [0.717, 1.165) is 118 Å². The molecule has 0 aliphatic heterocycles. The summed E-state index contributed by atoms with van der Waals surface area (Å²) in [5.74, 6) is 0.781. The summed E-state index contributed by atoms with van der Waals surface area (Å²) in [6.07, 6.45) is 12.8. The Morgan fingerprint density at radius 3 is 2.07 bits per heavy atom. The van der Waals surface area contributed by atoms with Gasteiger partial charge in [-0.1, -0.05) is 159 Å². The van der Waals surface area contributed by atoms with Crippen LogP contribution >= 0.6 is 0 Å². The Labute approximate surface area is 315 Å². The molecule has 1 aliphatic rings. The van der Waals surface area contributed by atoms with E-state index in [-0.39, 0.29) is 0 Å². The van der Waals surface area contributed by atoms with Gasteiger partial charge in [-0.15, -0.1) is 0 Å². The van der Waals surface area contributed by atoms with Crippen molar-refractivity contribution < 1.29 is 8.83 Å². The molecule has 0 unspecified atom stereocenters. The SMILES string of the molecule is C=Cc1ccccc1C(=C)C1=c2\cccc\c2=C(c2ccc(C(=C)c3cc4c(cc3-c3cc5ccccc5o3)oc3ccccc34)cc2)\C=C\CC\C=C\1. The topological polar surface area (TPSA) is 26.3 Å². The molecule has 6 aromatic carbocycles. The van der Waals surface area contributed by atoms with Gasteiger partial charge in [0.25, 0.3) is 0 Å². The van der Waals surface area contributed by atoms with Crippen LogP contribution in [-0.2, 0) is 0 Å². The smallest absolute Gasteiger partial charge is 0.136 e. The predicted molar refractivity (Wildman–Crippen MR) is 228 cm³/mol. The zero-order valence-corrected chi connectivity index (χ0v) is 30.0. The van der Waals surface area contributed by atoms with E-state index in [4.69, 9.17) is 8.83 Å². The zero-order chi connectivity index (χ0) is 36.6. The van der Waals surface area contributed by atoms with E-state index in [9.17, 15) is 0 Å². The van der Waals surface area contributed by atoms with Crippen molar-refractivity contribution in [1.29, 1.82) is 0 Å². The van der Waals surface area contributed by atoms with Crippen LogP contribution in [0.4, 0.5) is 0 Å². The molecule has 0 atom stereocenters. The fraction of sp³-hybridized carbons (Fsp3) is 0.0385. The summed E-state index contributed by atoms with van der Waals surface area (Å²) in [6.45, 7) is 13.4. The molecule has 0 bridgehead atoms. The minimum Gasteiger partial charge on any atom is -0.456 e. The van der Waals surface area contributed by atoms with Gasteiger partial charge in [-0.3, -0.25) is 0 Å². The first-order valence-electron chi connectivity index (χ1n) is 18.4. The molecule has 0 radical (unpaired) electrons. The van der Waals surface area contributed by atoms with Gasteiger partial charge >= 0.3 is 0 Å². The number of rotatable bonds is 7. The van der Waals surface area contributed by atoms with Crippen LogP contribution in [0.15, 0.2) is 192 Å². The first-order chi connectivity index (χ1) is 26.6. The second-order valence-electron chi connectivity index (χ2n) is 13.7. The number of allylic oxidation sites excluding steroid dienone is 5. The molecule has 0 fully saturated rings. The molecule has 2 heterocycles. The molecule has 2 nitrogen and oxygen atoms in total. The summed E-state index contributed by atoms with van der Waals surface area (Å²) >= 11 is 0. The van der Waals surface area contributed by atoms with Gasteiger partial charge < -0.3 is 8.83 Å². The number of benzene rings is 6. The molecular formula is C52H38O2. The van der Waals surface area contributed by atoms with Gasteiger partial charge in [0.2, 0.25) is 0 Å². The molecule has 2 heteroatoms. The van der Waals surface area contributed by atoms with Crippen LogP contribution in [0.25, 0.3) is 72.6 Å². The van der Waals surface area contributed by atoms with E-state index >= 15 is 0 Å². The van der Waals surface area contributed by atoms with E-state index in [1.807, 2.05) is 48.5 Å². The van der Waals surface area contributed by atoms with Gasteiger partial charge in [0.15, 0.2) is 0 Å². The van der Waals surface area contributed by atoms with E-state index in [1.165, 1.54) is 0 Å². The number of furan rings is 2. The van der Waals surface area contributed by atoms with Crippen molar-refractivity contribution in [2.45, 2.75) is 12.8 Å². The molecule has 0 spiro atoms. The summed E-state index contributed by atoms with van der Waals surface area (Å²) < 4.78 is 12.8. The van der Waals surface area contributed by atoms with Gasteiger partial charge in [-0.25, -0.2) is 0 Å². The fourth-order valence-electron chi connectivity index (χ4n) is 7.68. The van der Waals surface area contributed by atoms with Gasteiger partial charge in [0.05, 0.1) is 0 Å². The molecule has 8 aromatic rings. The van der Waals surface area contributed by atoms with Crippen LogP contribution < -0.4 is 10.4 Å². The maximum absolute atomic E-state index is 6.43. The number of para-hydroxylation sites is 2. The average Bonchev–Trinajstić information content (AvgIpc) is 3.83. The van der Waals surface area contributed by atoms with Gasteiger partial charge in [0.1, 0.15) is 22.5 Å². The molecule has 0 saturated heterocycles. The summed E-state index contributed by atoms with van der Waals surface area (Å²) in [5.41, 5.74) is 12.9. The van der Waals surface area contributed by atoms with Gasteiger partial charge in [-0.2, -0.15) is 0 Å². The van der Waals surface area contributed by atoms with Crippen LogP contribution in [0.1, 0.15) is 40.7 Å². The molecule has 258 valence electrons. The quantitative estimate of drug-likeness (QED) is 0.166. The predicted octanol–water partition coefficient (Wildman–Crippen LogP) is 12.7. The Morgan fingerprint density at radius 2 is 1.26 bits per heavy atom. The average molecular weight is 695 g/mol. The Kier molecular flexibility index (Phi) is 8.49. The third-order valence-corrected chi connectivity index (χ3v) is 10.5. The van der Waals surface area contributed by atoms with Crippen LogP contribution in [0.5, 0.6) is 0 Å². The van der Waals surface area contributed by atoms with Crippen molar-refractivity contribution in [3.63, 3.8) is 0 Å². The lowest BCUT2D eigenvalue weighted by Gasteiger charge is -2.14. The highest BCUT2D eigenvalue weighted by Gasteiger charge is 2.19. The first-order valence-corrected chi connectivity index (χ1v) is 18.4. The fourth-order valence-corrected chi connectivity index (χ4v) is 7.68. The van der Waals surface area contributed by atoms with Crippen LogP contribution in [-0.4, -0.2) is 0 Å². The molecule has 1 aliphatic carbocycles. The molecule has 54 heavy (non-hydrogen) atoms. The second kappa shape index (κ2) is 13.9. The van der Waals surface area contributed by atoms with Crippen LogP contribution in [0.2, 0.25) is 0 Å². The van der Waals surface area contributed by atoms with Crippen molar-refractivity contribution in [2.24, 2.45) is 0 Å². The van der Waals surface area contributed by atoms with Crippen molar-refractivity contribution in [2.75, 3.05) is 0 Å². The van der Waals surface area contributed by atoms with Crippen LogP contribution in [0.3, 0.4) is 0 Å². The molecule has 0 amide bonds. The standard InChI is InChI=1S/C52H38O2/c1-4-36-17-9-11-19-40(36)35(3)41-20-7-5-6-8-21-42(44-23-13-12-22-43(41)44)38-29-27-37(28-30-38)34(2)46-32-47-45-24-14-16-26-50(45)54-52(47)33-48(46)51-31-39-18-10-15-25-49(39)53-51/h4,7-33H,1-3,5-6H2/b20-7+,21-8+,43-41+,44-42+. The molecule has 9 rings (SSSR count). The molecule has 0 saturated carbocycles. The highest BCUT2D eigenvalue weighted by molar-refractivity contribution is 6.08. The van der Waals surface area contributed by atoms with E-state index in [0.29, 0.717) is 0 Å². The van der Waals surface area contributed by atoms with Gasteiger partial charge in [-0.05, 0) is 104 Å². The lowest BCUT2D eigenvalue weighted by atomic mass is 9.89. The minimum atomic E-state index is 0.781. The summed E-state index contributed by atoms with van der Waals surface area (Å²) in [5, 5.41) is 5.48. The Morgan fingerprint density at radius 1 is 0.556 bits per heavy atom. The van der Waals surface area contributed by atoms with Crippen molar-refractivity contribution in [3.05, 3.63) is 222 Å². The molecular weight excluding hydrogens is 657 g/mol. The number of fused-ring (bicyclic) bond motifs is 5. The normalized spacial score (nSPS) is 16.2. The summed E-state index contributed by atoms with van der Waals surface area (Å²) in [7, 11) is 0. The third kappa shape index (κ3) is 5.88. The van der Waals surface area contributed by atoms with E-state index < -0.39 is 0 Å². The van der Waals surface area contributed by atoms with Crippen molar-refractivity contribution in [3.8, 4) is 11.3 Å². The Balaban J connectivity index is 1.19. The number of hydrogen-bond acceptors (Lipinski definition) is 2. The highest BCUT2D eigenvalue weighted by Crippen LogP contribution is 2.40. The lowest BCUT2D eigenvalue weighted by molar-refractivity contribution is 0.630. The largest absolute Gasteiger partial charge is 0.456 e. The number of hydrogen-bond donors (Lipinski definition) is 0.